The Bertz CT molecular complexity index is 1520. The van der Waals surface area contributed by atoms with Gasteiger partial charge < -0.3 is 15.8 Å². The zero-order valence-corrected chi connectivity index (χ0v) is 24.4. The highest BCUT2D eigenvalue weighted by Gasteiger charge is 2.34. The van der Waals surface area contributed by atoms with Crippen molar-refractivity contribution in [3.63, 3.8) is 0 Å². The van der Waals surface area contributed by atoms with Gasteiger partial charge in [-0.25, -0.2) is 28.4 Å². The number of nitrogens with zero attached hydrogens (tertiary/aromatic N) is 8. The third kappa shape index (κ3) is 7.08. The van der Waals surface area contributed by atoms with Gasteiger partial charge in [-0.05, 0) is 26.0 Å². The normalized spacial score (nSPS) is 15.9. The summed E-state index contributed by atoms with van der Waals surface area (Å²) < 4.78 is 34.8. The lowest BCUT2D eigenvalue weighted by Crippen LogP contribution is -2.39. The molecule has 222 valence electrons. The summed E-state index contributed by atoms with van der Waals surface area (Å²) in [6, 6.07) is 3.37. The maximum Gasteiger partial charge on any atom is 0.250 e. The van der Waals surface area contributed by atoms with Gasteiger partial charge in [-0.2, -0.15) is 5.10 Å². The van der Waals surface area contributed by atoms with Crippen LogP contribution in [0.25, 0.3) is 22.6 Å². The van der Waals surface area contributed by atoms with E-state index in [4.69, 9.17) is 22.1 Å². The smallest absolute Gasteiger partial charge is 0.250 e. The number of anilines is 2. The summed E-state index contributed by atoms with van der Waals surface area (Å²) in [6.07, 6.45) is 6.99. The van der Waals surface area contributed by atoms with Crippen LogP contribution in [0.2, 0.25) is 5.15 Å². The van der Waals surface area contributed by atoms with Crippen molar-refractivity contribution < 1.29 is 13.5 Å². The number of hydrogen-bond donors (Lipinski definition) is 2. The Morgan fingerprint density at radius 3 is 2.64 bits per heavy atom. The van der Waals surface area contributed by atoms with E-state index in [1.54, 1.807) is 41.6 Å². The van der Waals surface area contributed by atoms with E-state index >= 15 is 0 Å². The Hall–Kier alpha value is -3.97. The summed E-state index contributed by atoms with van der Waals surface area (Å²) in [4.78, 5) is 24.0. The van der Waals surface area contributed by atoms with Crippen LogP contribution in [0.3, 0.4) is 0 Å². The molecule has 0 bridgehead atoms. The average Bonchev–Trinajstić information content (AvgIpc) is 3.23. The van der Waals surface area contributed by atoms with Gasteiger partial charge in [0.15, 0.2) is 5.82 Å². The molecule has 0 amide bonds. The number of alkyl halides is 2. The number of nitrogens with two attached hydrogens (primary N) is 1. The van der Waals surface area contributed by atoms with Gasteiger partial charge in [0.1, 0.15) is 16.5 Å². The Labute approximate surface area is 247 Å². The van der Waals surface area contributed by atoms with Crippen LogP contribution in [0.15, 0.2) is 36.9 Å². The van der Waals surface area contributed by atoms with E-state index in [2.05, 4.69) is 35.3 Å². The number of pyridine rings is 1. The molecule has 1 atom stereocenters. The Balaban J connectivity index is 1.22. The predicted molar refractivity (Wildman–Crippen MR) is 156 cm³/mol. The van der Waals surface area contributed by atoms with Crippen LogP contribution in [0.5, 0.6) is 5.88 Å². The van der Waals surface area contributed by atoms with E-state index in [0.717, 1.165) is 22.6 Å². The number of rotatable bonds is 10. The first-order valence-corrected chi connectivity index (χ1v) is 14.0. The SMILES string of the molecule is Cc1nn(C)c(OCC[C@H](C)Nc2cc(Cl)ncc2-c2cnc(CN3CCC(F)(F)CC3)cn2)c1-c1nccc(N)n1. The third-order valence-corrected chi connectivity index (χ3v) is 7.29. The van der Waals surface area contributed by atoms with Crippen molar-refractivity contribution in [2.75, 3.05) is 30.7 Å². The molecule has 0 saturated carbocycles. The first-order valence-electron chi connectivity index (χ1n) is 13.7. The van der Waals surface area contributed by atoms with E-state index < -0.39 is 5.92 Å². The molecule has 1 saturated heterocycles. The van der Waals surface area contributed by atoms with Gasteiger partial charge in [0.2, 0.25) is 5.88 Å². The molecule has 1 fully saturated rings. The first kappa shape index (κ1) is 29.5. The maximum absolute atomic E-state index is 13.5. The van der Waals surface area contributed by atoms with Crippen molar-refractivity contribution in [3.05, 3.63) is 53.5 Å². The molecular formula is C28H33ClF2N10O. The lowest BCUT2D eigenvalue weighted by atomic mass is 10.1. The monoisotopic (exact) mass is 598 g/mol. The van der Waals surface area contributed by atoms with Crippen molar-refractivity contribution in [3.8, 4) is 28.5 Å². The summed E-state index contributed by atoms with van der Waals surface area (Å²) >= 11 is 6.23. The van der Waals surface area contributed by atoms with Crippen molar-refractivity contribution >= 4 is 23.1 Å². The largest absolute Gasteiger partial charge is 0.477 e. The Morgan fingerprint density at radius 2 is 1.93 bits per heavy atom. The lowest BCUT2D eigenvalue weighted by Gasteiger charge is -2.31. The number of piperidine rings is 1. The summed E-state index contributed by atoms with van der Waals surface area (Å²) in [6.45, 7) is 5.46. The molecule has 4 aromatic rings. The molecule has 0 aliphatic carbocycles. The van der Waals surface area contributed by atoms with Crippen LogP contribution >= 0.6 is 11.6 Å². The van der Waals surface area contributed by atoms with E-state index in [1.165, 1.54) is 0 Å². The number of nitrogens with one attached hydrogen (secondary N) is 1. The molecule has 0 radical (unpaired) electrons. The number of likely N-dealkylation sites (tertiary alicyclic amines) is 1. The first-order chi connectivity index (χ1) is 20.1. The molecule has 0 aromatic carbocycles. The zero-order chi connectivity index (χ0) is 29.9. The fourth-order valence-electron chi connectivity index (χ4n) is 4.82. The summed E-state index contributed by atoms with van der Waals surface area (Å²) in [7, 11) is 1.81. The van der Waals surface area contributed by atoms with Gasteiger partial charge in [0.25, 0.3) is 5.92 Å². The van der Waals surface area contributed by atoms with Crippen LogP contribution in [0, 0.1) is 6.92 Å². The number of halogens is 3. The number of hydrogen-bond acceptors (Lipinski definition) is 10. The summed E-state index contributed by atoms with van der Waals surface area (Å²) in [5, 5.41) is 8.29. The van der Waals surface area contributed by atoms with E-state index in [0.29, 0.717) is 66.6 Å². The molecule has 14 heteroatoms. The second-order valence-corrected chi connectivity index (χ2v) is 10.8. The molecule has 3 N–H and O–H groups in total. The summed E-state index contributed by atoms with van der Waals surface area (Å²) in [5.74, 6) is -1.19. The highest BCUT2D eigenvalue weighted by Crippen LogP contribution is 2.32. The van der Waals surface area contributed by atoms with Crippen molar-refractivity contribution in [1.82, 2.24) is 39.6 Å². The molecule has 1 aliphatic rings. The molecule has 11 nitrogen and oxygen atoms in total. The van der Waals surface area contributed by atoms with Crippen LogP contribution in [0.4, 0.5) is 20.3 Å². The molecule has 0 spiro atoms. The van der Waals surface area contributed by atoms with Crippen LogP contribution in [-0.2, 0) is 13.6 Å². The third-order valence-electron chi connectivity index (χ3n) is 7.09. The van der Waals surface area contributed by atoms with E-state index in [1.807, 2.05) is 25.8 Å². The standard InChI is InChI=1S/C28H33ClF2N10O/c1-17(5-11-42-27-25(18(2)39-40(27)3)26-33-8-4-24(32)38-26)37-21-12-23(29)36-14-20(21)22-15-34-19(13-35-22)16-41-9-6-28(30,31)7-10-41/h4,8,12-15,17H,5-7,9-11,16H2,1-3H3,(H,36,37)(H2,32,33,38)/t17-/m0/s1. The number of ether oxygens (including phenoxy) is 1. The van der Waals surface area contributed by atoms with Crippen LogP contribution in [-0.4, -0.2) is 71.3 Å². The number of nitrogen functional groups attached to an aromatic ring is 1. The minimum absolute atomic E-state index is 0.00641. The van der Waals surface area contributed by atoms with Crippen molar-refractivity contribution in [2.45, 2.75) is 51.6 Å². The lowest BCUT2D eigenvalue weighted by molar-refractivity contribution is -0.0568. The minimum Gasteiger partial charge on any atom is -0.477 e. The van der Waals surface area contributed by atoms with Crippen LogP contribution in [0.1, 0.15) is 37.6 Å². The second-order valence-electron chi connectivity index (χ2n) is 10.5. The molecular weight excluding hydrogens is 566 g/mol. The average molecular weight is 599 g/mol. The van der Waals surface area contributed by atoms with Gasteiger partial charge in [0.05, 0.1) is 36.1 Å². The van der Waals surface area contributed by atoms with Crippen molar-refractivity contribution in [1.29, 1.82) is 0 Å². The van der Waals surface area contributed by atoms with Gasteiger partial charge in [0, 0.05) is 75.6 Å². The predicted octanol–water partition coefficient (Wildman–Crippen LogP) is 4.77. The molecule has 0 unspecified atom stereocenters. The Morgan fingerprint density at radius 1 is 1.14 bits per heavy atom. The van der Waals surface area contributed by atoms with E-state index in [-0.39, 0.29) is 18.9 Å². The molecule has 1 aliphatic heterocycles. The molecule has 5 rings (SSSR count). The fourth-order valence-corrected chi connectivity index (χ4v) is 4.98. The quantitative estimate of drug-likeness (QED) is 0.246. The van der Waals surface area contributed by atoms with Crippen molar-refractivity contribution in [2.24, 2.45) is 7.05 Å². The molecule has 42 heavy (non-hydrogen) atoms. The minimum atomic E-state index is -2.58. The van der Waals surface area contributed by atoms with Crippen LogP contribution < -0.4 is 15.8 Å². The topological polar surface area (TPSA) is 133 Å². The number of aromatic nitrogens is 7. The second kappa shape index (κ2) is 12.5. The highest BCUT2D eigenvalue weighted by atomic mass is 35.5. The fraction of sp³-hybridized carbons (Fsp3) is 0.429. The Kier molecular flexibility index (Phi) is 8.78. The highest BCUT2D eigenvalue weighted by molar-refractivity contribution is 6.29. The van der Waals surface area contributed by atoms with Gasteiger partial charge in [-0.15, -0.1) is 0 Å². The van der Waals surface area contributed by atoms with Gasteiger partial charge >= 0.3 is 0 Å². The maximum atomic E-state index is 13.5. The molecule has 5 heterocycles. The molecule has 4 aromatic heterocycles. The van der Waals surface area contributed by atoms with Gasteiger partial charge in [-0.1, -0.05) is 11.6 Å². The number of aryl methyl sites for hydroxylation is 2. The van der Waals surface area contributed by atoms with Gasteiger partial charge in [-0.3, -0.25) is 14.9 Å². The summed E-state index contributed by atoms with van der Waals surface area (Å²) in [5.41, 5.74) is 10.1. The zero-order valence-electron chi connectivity index (χ0n) is 23.7. The van der Waals surface area contributed by atoms with E-state index in [9.17, 15) is 8.78 Å².